The highest BCUT2D eigenvalue weighted by atomic mass is 16.5. The maximum absolute atomic E-state index is 11.1. The molecule has 0 heterocycles. The second-order valence-electron chi connectivity index (χ2n) is 3.57. The summed E-state index contributed by atoms with van der Waals surface area (Å²) in [4.78, 5) is 11.1. The summed E-state index contributed by atoms with van der Waals surface area (Å²) in [5.74, 6) is 0.358. The van der Waals surface area contributed by atoms with Crippen LogP contribution in [0.15, 0.2) is 0 Å². The van der Waals surface area contributed by atoms with Crippen LogP contribution in [0.5, 0.6) is 0 Å². The normalized spacial score (nSPS) is 12.6. The van der Waals surface area contributed by atoms with Crippen LogP contribution in [0, 0.1) is 17.2 Å². The molecule has 0 rings (SSSR count). The maximum Gasteiger partial charge on any atom is 0.306 e. The van der Waals surface area contributed by atoms with Crippen molar-refractivity contribution in [1.82, 2.24) is 0 Å². The highest BCUT2D eigenvalue weighted by Crippen LogP contribution is 2.13. The maximum atomic E-state index is 11.1. The van der Waals surface area contributed by atoms with Gasteiger partial charge in [0.1, 0.15) is 0 Å². The fraction of sp³-hybridized carbons (Fsp3) is 0.800. The Labute approximate surface area is 80.0 Å². The molecule has 0 amide bonds. The van der Waals surface area contributed by atoms with Crippen molar-refractivity contribution in [3.8, 4) is 0 Å². The van der Waals surface area contributed by atoms with Crippen molar-refractivity contribution in [2.75, 3.05) is 6.61 Å². The van der Waals surface area contributed by atoms with Crippen LogP contribution in [-0.2, 0) is 9.53 Å². The van der Waals surface area contributed by atoms with E-state index >= 15 is 0 Å². The molecule has 0 aliphatic rings. The molecule has 0 aromatic rings. The molecule has 0 saturated heterocycles. The fourth-order valence-electron chi connectivity index (χ4n) is 1.25. The molecule has 0 saturated carbocycles. The summed E-state index contributed by atoms with van der Waals surface area (Å²) in [5, 5.41) is 7.15. The molecule has 0 bridgehead atoms. The highest BCUT2D eigenvalue weighted by Gasteiger charge is 2.13. The lowest BCUT2D eigenvalue weighted by Crippen LogP contribution is -2.14. The van der Waals surface area contributed by atoms with Crippen molar-refractivity contribution in [3.63, 3.8) is 0 Å². The molecule has 0 unspecified atom stereocenters. The SMILES string of the molecule is CCOC(=O)C[C@@H](C=N)CC(C)C. The van der Waals surface area contributed by atoms with E-state index in [1.54, 1.807) is 6.92 Å². The van der Waals surface area contributed by atoms with Gasteiger partial charge in [0.15, 0.2) is 0 Å². The second-order valence-corrected chi connectivity index (χ2v) is 3.57. The van der Waals surface area contributed by atoms with Crippen molar-refractivity contribution >= 4 is 12.2 Å². The molecule has 0 fully saturated rings. The zero-order chi connectivity index (χ0) is 10.3. The smallest absolute Gasteiger partial charge is 0.306 e. The average Bonchev–Trinajstić information content (AvgIpc) is 2.02. The third-order valence-corrected chi connectivity index (χ3v) is 1.74. The van der Waals surface area contributed by atoms with Gasteiger partial charge in [0.25, 0.3) is 0 Å². The van der Waals surface area contributed by atoms with Crippen molar-refractivity contribution in [2.45, 2.75) is 33.6 Å². The van der Waals surface area contributed by atoms with Gasteiger partial charge in [-0.2, -0.15) is 0 Å². The molecule has 1 N–H and O–H groups in total. The van der Waals surface area contributed by atoms with E-state index in [4.69, 9.17) is 10.1 Å². The Morgan fingerprint density at radius 1 is 1.54 bits per heavy atom. The standard InChI is InChI=1S/C10H19NO2/c1-4-13-10(12)6-9(7-11)5-8(2)3/h7-9,11H,4-6H2,1-3H3/t9-/m0/s1. The number of carbonyl (C=O) groups excluding carboxylic acids is 1. The zero-order valence-electron chi connectivity index (χ0n) is 8.67. The van der Waals surface area contributed by atoms with Crippen molar-refractivity contribution in [3.05, 3.63) is 0 Å². The number of hydrogen-bond donors (Lipinski definition) is 1. The van der Waals surface area contributed by atoms with E-state index in [1.807, 2.05) is 0 Å². The van der Waals surface area contributed by atoms with Gasteiger partial charge in [0.2, 0.25) is 0 Å². The lowest BCUT2D eigenvalue weighted by Gasteiger charge is -2.12. The Hall–Kier alpha value is -0.860. The molecule has 0 aromatic carbocycles. The van der Waals surface area contributed by atoms with Gasteiger partial charge < -0.3 is 10.1 Å². The minimum atomic E-state index is -0.198. The first-order valence-electron chi connectivity index (χ1n) is 4.76. The van der Waals surface area contributed by atoms with Crippen LogP contribution in [0.2, 0.25) is 0 Å². The van der Waals surface area contributed by atoms with Gasteiger partial charge in [0.05, 0.1) is 13.0 Å². The topological polar surface area (TPSA) is 50.2 Å². The van der Waals surface area contributed by atoms with Crippen LogP contribution < -0.4 is 0 Å². The van der Waals surface area contributed by atoms with Crippen molar-refractivity contribution in [2.24, 2.45) is 11.8 Å². The number of hydrogen-bond acceptors (Lipinski definition) is 3. The van der Waals surface area contributed by atoms with E-state index in [9.17, 15) is 4.79 Å². The summed E-state index contributed by atoms with van der Waals surface area (Å²) in [6.45, 7) is 6.38. The number of esters is 1. The molecule has 0 aromatic heterocycles. The molecule has 1 atom stereocenters. The molecular formula is C10H19NO2. The van der Waals surface area contributed by atoms with Gasteiger partial charge >= 0.3 is 5.97 Å². The predicted molar refractivity (Wildman–Crippen MR) is 53.0 cm³/mol. The minimum absolute atomic E-state index is 0.0408. The summed E-state index contributed by atoms with van der Waals surface area (Å²) in [5.41, 5.74) is 0. The van der Waals surface area contributed by atoms with Crippen LogP contribution in [0.3, 0.4) is 0 Å². The molecule has 3 nitrogen and oxygen atoms in total. The quantitative estimate of drug-likeness (QED) is 0.509. The van der Waals surface area contributed by atoms with E-state index in [0.717, 1.165) is 6.42 Å². The lowest BCUT2D eigenvalue weighted by atomic mass is 9.95. The van der Waals surface area contributed by atoms with Gasteiger partial charge in [-0.1, -0.05) is 13.8 Å². The number of rotatable bonds is 6. The Kier molecular flexibility index (Phi) is 6.20. The van der Waals surface area contributed by atoms with Crippen molar-refractivity contribution < 1.29 is 9.53 Å². The number of carbonyl (C=O) groups is 1. The molecule has 13 heavy (non-hydrogen) atoms. The Morgan fingerprint density at radius 2 is 2.15 bits per heavy atom. The largest absolute Gasteiger partial charge is 0.466 e. The Morgan fingerprint density at radius 3 is 2.54 bits per heavy atom. The van der Waals surface area contributed by atoms with Crippen LogP contribution in [0.1, 0.15) is 33.6 Å². The monoisotopic (exact) mass is 185 g/mol. The van der Waals surface area contributed by atoms with E-state index in [-0.39, 0.29) is 11.9 Å². The Bertz CT molecular complexity index is 166. The number of nitrogens with one attached hydrogen (secondary N) is 1. The molecule has 0 aliphatic carbocycles. The second kappa shape index (κ2) is 6.63. The first-order valence-corrected chi connectivity index (χ1v) is 4.76. The molecule has 0 spiro atoms. The van der Waals surface area contributed by atoms with Crippen LogP contribution >= 0.6 is 0 Å². The van der Waals surface area contributed by atoms with E-state index in [2.05, 4.69) is 13.8 Å². The molecule has 0 radical (unpaired) electrons. The van der Waals surface area contributed by atoms with Crippen LogP contribution in [-0.4, -0.2) is 18.8 Å². The van der Waals surface area contributed by atoms with Gasteiger partial charge in [-0.15, -0.1) is 0 Å². The summed E-state index contributed by atoms with van der Waals surface area (Å²) >= 11 is 0. The summed E-state index contributed by atoms with van der Waals surface area (Å²) in [6, 6.07) is 0. The molecule has 0 aliphatic heterocycles. The summed E-state index contributed by atoms with van der Waals surface area (Å²) in [7, 11) is 0. The van der Waals surface area contributed by atoms with Gasteiger partial charge in [0, 0.05) is 5.92 Å². The van der Waals surface area contributed by atoms with Gasteiger partial charge in [-0.25, -0.2) is 0 Å². The van der Waals surface area contributed by atoms with E-state index < -0.39 is 0 Å². The van der Waals surface area contributed by atoms with E-state index in [1.165, 1.54) is 6.21 Å². The minimum Gasteiger partial charge on any atom is -0.466 e. The molecule has 3 heteroatoms. The fourth-order valence-corrected chi connectivity index (χ4v) is 1.25. The first-order chi connectivity index (χ1) is 6.10. The summed E-state index contributed by atoms with van der Waals surface area (Å²) in [6.07, 6.45) is 2.56. The predicted octanol–water partition coefficient (Wildman–Crippen LogP) is 2.25. The third kappa shape index (κ3) is 6.31. The zero-order valence-corrected chi connectivity index (χ0v) is 8.67. The van der Waals surface area contributed by atoms with E-state index in [0.29, 0.717) is 18.9 Å². The van der Waals surface area contributed by atoms with Gasteiger partial charge in [-0.3, -0.25) is 4.79 Å². The number of ether oxygens (including phenoxy) is 1. The third-order valence-electron chi connectivity index (χ3n) is 1.74. The highest BCUT2D eigenvalue weighted by molar-refractivity contribution is 5.74. The molecule has 76 valence electrons. The van der Waals surface area contributed by atoms with Crippen LogP contribution in [0.25, 0.3) is 0 Å². The van der Waals surface area contributed by atoms with Crippen LogP contribution in [0.4, 0.5) is 0 Å². The first kappa shape index (κ1) is 12.1. The average molecular weight is 185 g/mol. The molecular weight excluding hydrogens is 166 g/mol. The van der Waals surface area contributed by atoms with Crippen molar-refractivity contribution in [1.29, 1.82) is 5.41 Å². The lowest BCUT2D eigenvalue weighted by molar-refractivity contribution is -0.143. The van der Waals surface area contributed by atoms with Gasteiger partial charge in [-0.05, 0) is 25.5 Å². The summed E-state index contributed by atoms with van der Waals surface area (Å²) < 4.78 is 4.81. The Balaban J connectivity index is 3.83.